The van der Waals surface area contributed by atoms with Crippen LogP contribution in [-0.2, 0) is 7.05 Å². The predicted octanol–water partition coefficient (Wildman–Crippen LogP) is 0.814. The highest BCUT2D eigenvalue weighted by molar-refractivity contribution is 9.10. The third-order valence-corrected chi connectivity index (χ3v) is 3.55. The average Bonchev–Trinajstić information content (AvgIpc) is 2.66. The van der Waals surface area contributed by atoms with Gasteiger partial charge in [-0.25, -0.2) is 4.68 Å². The van der Waals surface area contributed by atoms with Crippen molar-refractivity contribution in [3.8, 4) is 0 Å². The van der Waals surface area contributed by atoms with Gasteiger partial charge >= 0.3 is 0 Å². The van der Waals surface area contributed by atoms with Crippen LogP contribution < -0.4 is 11.3 Å². The number of hydrogen-bond acceptors (Lipinski definition) is 5. The maximum Gasteiger partial charge on any atom is 0.153 e. The lowest BCUT2D eigenvalue weighted by Gasteiger charge is -2.22. The van der Waals surface area contributed by atoms with E-state index in [4.69, 9.17) is 5.84 Å². The zero-order chi connectivity index (χ0) is 12.8. The molecule has 0 amide bonds. The van der Waals surface area contributed by atoms with E-state index in [1.165, 1.54) is 0 Å². The van der Waals surface area contributed by atoms with Gasteiger partial charge in [-0.2, -0.15) is 0 Å². The molecule has 7 heteroatoms. The second-order valence-electron chi connectivity index (χ2n) is 3.92. The topological polar surface area (TPSA) is 72.0 Å². The fourth-order valence-corrected chi connectivity index (χ4v) is 2.46. The van der Waals surface area contributed by atoms with Gasteiger partial charge < -0.3 is 4.90 Å². The predicted molar refractivity (Wildman–Crippen MR) is 71.2 cm³/mol. The molecule has 0 saturated heterocycles. The zero-order valence-corrected chi connectivity index (χ0v) is 12.2. The lowest BCUT2D eigenvalue weighted by atomic mass is 10.1. The Morgan fingerprint density at radius 1 is 1.47 bits per heavy atom. The summed E-state index contributed by atoms with van der Waals surface area (Å²) < 4.78 is 2.50. The molecule has 17 heavy (non-hydrogen) atoms. The Labute approximate surface area is 111 Å². The van der Waals surface area contributed by atoms with Crippen LogP contribution in [0.25, 0.3) is 0 Å². The molecule has 0 aliphatic rings. The van der Waals surface area contributed by atoms with Crippen molar-refractivity contribution in [2.75, 3.05) is 19.6 Å². The summed E-state index contributed by atoms with van der Waals surface area (Å²) in [5, 5.41) is 7.94. The van der Waals surface area contributed by atoms with Gasteiger partial charge in [0.25, 0.3) is 0 Å². The van der Waals surface area contributed by atoms with Crippen LogP contribution in [0.4, 0.5) is 0 Å². The number of nitrogens with two attached hydrogens (primary N) is 1. The van der Waals surface area contributed by atoms with Gasteiger partial charge in [-0.05, 0) is 35.4 Å². The summed E-state index contributed by atoms with van der Waals surface area (Å²) in [5.74, 6) is 5.61. The van der Waals surface area contributed by atoms with E-state index in [1.807, 2.05) is 7.05 Å². The first-order valence-electron chi connectivity index (χ1n) is 5.87. The average molecular weight is 305 g/mol. The molecule has 0 aromatic carbocycles. The van der Waals surface area contributed by atoms with Gasteiger partial charge in [0.05, 0.1) is 11.7 Å². The van der Waals surface area contributed by atoms with Crippen molar-refractivity contribution in [1.82, 2.24) is 25.3 Å². The molecular formula is C10H21BrN6. The summed E-state index contributed by atoms with van der Waals surface area (Å²) in [5.41, 5.74) is 3.82. The SMILES string of the molecule is CCN(CC)CCC(NN)c1c(Br)nnn1C. The molecule has 6 nitrogen and oxygen atoms in total. The van der Waals surface area contributed by atoms with Crippen LogP contribution in [0.5, 0.6) is 0 Å². The summed E-state index contributed by atoms with van der Waals surface area (Å²) >= 11 is 3.40. The summed E-state index contributed by atoms with van der Waals surface area (Å²) in [6.45, 7) is 7.43. The Balaban J connectivity index is 2.66. The smallest absolute Gasteiger partial charge is 0.153 e. The van der Waals surface area contributed by atoms with Crippen LogP contribution in [0.2, 0.25) is 0 Å². The number of nitrogens with one attached hydrogen (secondary N) is 1. The Bertz CT molecular complexity index is 316. The van der Waals surface area contributed by atoms with Crippen molar-refractivity contribution in [2.24, 2.45) is 12.9 Å². The molecule has 1 heterocycles. The summed E-state index contributed by atoms with van der Waals surface area (Å²) in [6.07, 6.45) is 0.929. The maximum atomic E-state index is 5.61. The molecule has 0 aliphatic carbocycles. The largest absolute Gasteiger partial charge is 0.304 e. The number of rotatable bonds is 7. The minimum atomic E-state index is 0.0602. The van der Waals surface area contributed by atoms with E-state index in [1.54, 1.807) is 4.68 Å². The van der Waals surface area contributed by atoms with Gasteiger partial charge in [0.2, 0.25) is 0 Å². The second kappa shape index (κ2) is 7.05. The van der Waals surface area contributed by atoms with Crippen molar-refractivity contribution in [1.29, 1.82) is 0 Å². The molecule has 0 aliphatic heterocycles. The van der Waals surface area contributed by atoms with Crippen LogP contribution in [0.15, 0.2) is 4.60 Å². The molecular weight excluding hydrogens is 284 g/mol. The van der Waals surface area contributed by atoms with Gasteiger partial charge in [-0.3, -0.25) is 11.3 Å². The molecule has 0 spiro atoms. The number of aryl methyl sites for hydroxylation is 1. The zero-order valence-electron chi connectivity index (χ0n) is 10.6. The molecule has 0 bridgehead atoms. The fraction of sp³-hybridized carbons (Fsp3) is 0.800. The van der Waals surface area contributed by atoms with Crippen LogP contribution >= 0.6 is 15.9 Å². The number of aromatic nitrogens is 3. The fourth-order valence-electron chi connectivity index (χ4n) is 1.86. The molecule has 1 atom stereocenters. The lowest BCUT2D eigenvalue weighted by Crippen LogP contribution is -2.34. The van der Waals surface area contributed by atoms with Crippen LogP contribution in [0.3, 0.4) is 0 Å². The third kappa shape index (κ3) is 3.74. The summed E-state index contributed by atoms with van der Waals surface area (Å²) in [4.78, 5) is 2.36. The van der Waals surface area contributed by atoms with Gasteiger partial charge in [0.15, 0.2) is 4.60 Å². The van der Waals surface area contributed by atoms with Crippen molar-refractivity contribution < 1.29 is 0 Å². The van der Waals surface area contributed by atoms with Crippen LogP contribution in [0.1, 0.15) is 32.0 Å². The van der Waals surface area contributed by atoms with Gasteiger partial charge in [-0.1, -0.05) is 19.1 Å². The highest BCUT2D eigenvalue weighted by Crippen LogP contribution is 2.22. The Morgan fingerprint density at radius 3 is 2.53 bits per heavy atom. The minimum Gasteiger partial charge on any atom is -0.304 e. The maximum absolute atomic E-state index is 5.61. The Hall–Kier alpha value is -0.500. The molecule has 98 valence electrons. The molecule has 0 fully saturated rings. The molecule has 1 unspecified atom stereocenters. The third-order valence-electron chi connectivity index (χ3n) is 2.99. The minimum absolute atomic E-state index is 0.0602. The van der Waals surface area contributed by atoms with E-state index in [0.717, 1.165) is 36.4 Å². The Kier molecular flexibility index (Phi) is 6.04. The monoisotopic (exact) mass is 304 g/mol. The van der Waals surface area contributed by atoms with E-state index >= 15 is 0 Å². The van der Waals surface area contributed by atoms with Crippen molar-refractivity contribution in [2.45, 2.75) is 26.3 Å². The number of hydrazine groups is 1. The molecule has 1 aromatic heterocycles. The van der Waals surface area contributed by atoms with E-state index in [0.29, 0.717) is 0 Å². The van der Waals surface area contributed by atoms with E-state index in [2.05, 4.69) is 50.4 Å². The lowest BCUT2D eigenvalue weighted by molar-refractivity contribution is 0.279. The highest BCUT2D eigenvalue weighted by Gasteiger charge is 2.19. The number of nitrogens with zero attached hydrogens (tertiary/aromatic N) is 4. The standard InChI is InChI=1S/C10H21BrN6/c1-4-17(5-2)7-6-8(13-12)9-10(11)14-15-16(9)3/h8,13H,4-7,12H2,1-3H3. The van der Waals surface area contributed by atoms with Crippen molar-refractivity contribution >= 4 is 15.9 Å². The summed E-state index contributed by atoms with van der Waals surface area (Å²) in [7, 11) is 1.87. The quantitative estimate of drug-likeness (QED) is 0.576. The summed E-state index contributed by atoms with van der Waals surface area (Å²) in [6, 6.07) is 0.0602. The van der Waals surface area contributed by atoms with E-state index < -0.39 is 0 Å². The van der Waals surface area contributed by atoms with Gasteiger partial charge in [0.1, 0.15) is 0 Å². The van der Waals surface area contributed by atoms with Gasteiger partial charge in [-0.15, -0.1) is 5.10 Å². The molecule has 0 saturated carbocycles. The molecule has 1 aromatic rings. The Morgan fingerprint density at radius 2 is 2.12 bits per heavy atom. The first-order chi connectivity index (χ1) is 8.13. The van der Waals surface area contributed by atoms with Crippen LogP contribution in [-0.4, -0.2) is 39.5 Å². The molecule has 3 N–H and O–H groups in total. The first kappa shape index (κ1) is 14.6. The van der Waals surface area contributed by atoms with Gasteiger partial charge in [0, 0.05) is 13.6 Å². The van der Waals surface area contributed by atoms with Crippen molar-refractivity contribution in [3.63, 3.8) is 0 Å². The first-order valence-corrected chi connectivity index (χ1v) is 6.66. The molecule has 1 rings (SSSR count). The van der Waals surface area contributed by atoms with Crippen molar-refractivity contribution in [3.05, 3.63) is 10.3 Å². The number of hydrogen-bond donors (Lipinski definition) is 2. The second-order valence-corrected chi connectivity index (χ2v) is 4.68. The van der Waals surface area contributed by atoms with E-state index in [9.17, 15) is 0 Å². The highest BCUT2D eigenvalue weighted by atomic mass is 79.9. The van der Waals surface area contributed by atoms with E-state index in [-0.39, 0.29) is 6.04 Å². The normalized spacial score (nSPS) is 13.3. The molecule has 0 radical (unpaired) electrons. The number of halogens is 1. The van der Waals surface area contributed by atoms with Crippen LogP contribution in [0, 0.1) is 0 Å².